The highest BCUT2D eigenvalue weighted by atomic mass is 32.2. The molecule has 7 heteroatoms. The minimum Gasteiger partial charge on any atom is -0.495 e. The van der Waals surface area contributed by atoms with Crippen molar-refractivity contribution in [2.24, 2.45) is 0 Å². The van der Waals surface area contributed by atoms with E-state index in [-0.39, 0.29) is 11.9 Å². The summed E-state index contributed by atoms with van der Waals surface area (Å²) in [5, 5.41) is 2.76. The van der Waals surface area contributed by atoms with Gasteiger partial charge in [-0.05, 0) is 18.2 Å². The van der Waals surface area contributed by atoms with Gasteiger partial charge in [-0.3, -0.25) is 9.59 Å². The van der Waals surface area contributed by atoms with Crippen molar-refractivity contribution in [2.45, 2.75) is 12.8 Å². The first kappa shape index (κ1) is 17.2. The Labute approximate surface area is 128 Å². The molecule has 0 aliphatic heterocycles. The predicted octanol–water partition coefficient (Wildman–Crippen LogP) is 1.90. The average molecular weight is 312 g/mol. The van der Waals surface area contributed by atoms with Crippen LogP contribution in [0.15, 0.2) is 18.2 Å². The number of esters is 1. The van der Waals surface area contributed by atoms with Crippen molar-refractivity contribution in [3.63, 3.8) is 0 Å². The summed E-state index contributed by atoms with van der Waals surface area (Å²) in [4.78, 5) is 22.7. The molecule has 1 amide bonds. The van der Waals surface area contributed by atoms with E-state index in [2.05, 4.69) is 10.1 Å². The van der Waals surface area contributed by atoms with E-state index in [0.29, 0.717) is 41.5 Å². The van der Waals surface area contributed by atoms with Crippen LogP contribution in [-0.4, -0.2) is 37.6 Å². The van der Waals surface area contributed by atoms with Gasteiger partial charge in [0, 0.05) is 23.6 Å². The SMILES string of the molecule is COC(=O)CCSCCC(=O)Nc1cc(N)ccc1OC. The van der Waals surface area contributed by atoms with E-state index in [1.54, 1.807) is 18.2 Å². The third-order valence-corrected chi connectivity index (χ3v) is 3.63. The quantitative estimate of drug-likeness (QED) is 0.433. The Balaban J connectivity index is 2.34. The Morgan fingerprint density at radius 3 is 2.62 bits per heavy atom. The van der Waals surface area contributed by atoms with E-state index in [4.69, 9.17) is 10.5 Å². The lowest BCUT2D eigenvalue weighted by Crippen LogP contribution is -2.13. The number of thioether (sulfide) groups is 1. The van der Waals surface area contributed by atoms with E-state index in [9.17, 15) is 9.59 Å². The van der Waals surface area contributed by atoms with Gasteiger partial charge in [0.15, 0.2) is 0 Å². The second kappa shape index (κ2) is 9.12. The highest BCUT2D eigenvalue weighted by Gasteiger charge is 2.08. The first-order valence-corrected chi connectivity index (χ1v) is 7.60. The molecule has 1 aromatic rings. The van der Waals surface area contributed by atoms with Crippen LogP contribution in [0, 0.1) is 0 Å². The minimum atomic E-state index is -0.239. The number of hydrogen-bond donors (Lipinski definition) is 2. The molecule has 0 aliphatic rings. The number of methoxy groups -OCH3 is 2. The number of anilines is 2. The van der Waals surface area contributed by atoms with E-state index in [1.165, 1.54) is 26.0 Å². The second-order valence-corrected chi connectivity index (χ2v) is 5.42. The van der Waals surface area contributed by atoms with Crippen LogP contribution in [0.25, 0.3) is 0 Å². The molecule has 116 valence electrons. The van der Waals surface area contributed by atoms with Gasteiger partial charge in [-0.1, -0.05) is 0 Å². The average Bonchev–Trinajstić information content (AvgIpc) is 2.46. The zero-order chi connectivity index (χ0) is 15.7. The maximum atomic E-state index is 11.8. The Morgan fingerprint density at radius 2 is 1.95 bits per heavy atom. The standard InChI is InChI=1S/C14H20N2O4S/c1-19-12-4-3-10(15)9-11(12)16-13(17)5-7-21-8-6-14(18)20-2/h3-4,9H,5-8,15H2,1-2H3,(H,16,17). The van der Waals surface area contributed by atoms with Crippen molar-refractivity contribution in [3.05, 3.63) is 18.2 Å². The first-order valence-electron chi connectivity index (χ1n) is 6.44. The Kier molecular flexibility index (Phi) is 7.45. The van der Waals surface area contributed by atoms with E-state index < -0.39 is 0 Å². The fraction of sp³-hybridized carbons (Fsp3) is 0.429. The fourth-order valence-electron chi connectivity index (χ4n) is 1.56. The van der Waals surface area contributed by atoms with Crippen LogP contribution < -0.4 is 15.8 Å². The van der Waals surface area contributed by atoms with Crippen molar-refractivity contribution in [2.75, 3.05) is 36.8 Å². The maximum absolute atomic E-state index is 11.8. The van der Waals surface area contributed by atoms with Gasteiger partial charge >= 0.3 is 5.97 Å². The molecule has 0 bridgehead atoms. The van der Waals surface area contributed by atoms with Crippen molar-refractivity contribution in [1.82, 2.24) is 0 Å². The molecule has 0 fully saturated rings. The molecule has 6 nitrogen and oxygen atoms in total. The van der Waals surface area contributed by atoms with Crippen LogP contribution in [0.1, 0.15) is 12.8 Å². The Morgan fingerprint density at radius 1 is 1.24 bits per heavy atom. The molecule has 0 aromatic heterocycles. The van der Waals surface area contributed by atoms with Crippen LogP contribution in [0.5, 0.6) is 5.75 Å². The highest BCUT2D eigenvalue weighted by Crippen LogP contribution is 2.26. The molecule has 1 rings (SSSR count). The number of hydrogen-bond acceptors (Lipinski definition) is 6. The third kappa shape index (κ3) is 6.40. The van der Waals surface area contributed by atoms with Gasteiger partial charge < -0.3 is 20.5 Å². The number of carbonyl (C=O) groups excluding carboxylic acids is 2. The number of carbonyl (C=O) groups is 2. The summed E-state index contributed by atoms with van der Waals surface area (Å²) in [6, 6.07) is 5.06. The van der Waals surface area contributed by atoms with Crippen molar-refractivity contribution in [1.29, 1.82) is 0 Å². The number of amides is 1. The predicted molar refractivity (Wildman–Crippen MR) is 84.6 cm³/mol. The summed E-state index contributed by atoms with van der Waals surface area (Å²) >= 11 is 1.53. The van der Waals surface area contributed by atoms with Crippen LogP contribution in [0.2, 0.25) is 0 Å². The normalized spacial score (nSPS) is 10.0. The summed E-state index contributed by atoms with van der Waals surface area (Å²) in [6.45, 7) is 0. The number of ether oxygens (including phenoxy) is 2. The molecule has 0 radical (unpaired) electrons. The molecule has 3 N–H and O–H groups in total. The van der Waals surface area contributed by atoms with Crippen LogP contribution >= 0.6 is 11.8 Å². The Bertz CT molecular complexity index is 494. The summed E-state index contributed by atoms with van der Waals surface area (Å²) in [7, 11) is 2.89. The van der Waals surface area contributed by atoms with E-state index in [0.717, 1.165) is 0 Å². The zero-order valence-corrected chi connectivity index (χ0v) is 13.0. The smallest absolute Gasteiger partial charge is 0.306 e. The topological polar surface area (TPSA) is 90.7 Å². The zero-order valence-electron chi connectivity index (χ0n) is 12.2. The van der Waals surface area contributed by atoms with Crippen molar-refractivity contribution in [3.8, 4) is 5.75 Å². The molecule has 0 saturated carbocycles. The van der Waals surface area contributed by atoms with Gasteiger partial charge in [0.25, 0.3) is 0 Å². The summed E-state index contributed by atoms with van der Waals surface area (Å²) in [6.07, 6.45) is 0.704. The summed E-state index contributed by atoms with van der Waals surface area (Å²) < 4.78 is 9.69. The molecule has 0 spiro atoms. The number of nitrogens with one attached hydrogen (secondary N) is 1. The van der Waals surface area contributed by atoms with E-state index >= 15 is 0 Å². The molecular formula is C14H20N2O4S. The monoisotopic (exact) mass is 312 g/mol. The number of benzene rings is 1. The van der Waals surface area contributed by atoms with Gasteiger partial charge in [-0.25, -0.2) is 0 Å². The molecule has 0 atom stereocenters. The molecule has 21 heavy (non-hydrogen) atoms. The fourth-order valence-corrected chi connectivity index (χ4v) is 2.41. The minimum absolute atomic E-state index is 0.121. The van der Waals surface area contributed by atoms with E-state index in [1.807, 2.05) is 0 Å². The Hall–Kier alpha value is -1.89. The van der Waals surface area contributed by atoms with Crippen LogP contribution in [-0.2, 0) is 14.3 Å². The van der Waals surface area contributed by atoms with Crippen molar-refractivity contribution >= 4 is 35.0 Å². The largest absolute Gasteiger partial charge is 0.495 e. The number of rotatable bonds is 8. The van der Waals surface area contributed by atoms with Gasteiger partial charge in [-0.2, -0.15) is 11.8 Å². The molecule has 1 aromatic carbocycles. The third-order valence-electron chi connectivity index (χ3n) is 2.65. The molecule has 0 saturated heterocycles. The summed E-state index contributed by atoms with van der Waals surface area (Å²) in [5.74, 6) is 1.48. The maximum Gasteiger partial charge on any atom is 0.306 e. The number of nitrogen functional groups attached to an aromatic ring is 1. The lowest BCUT2D eigenvalue weighted by molar-refractivity contribution is -0.140. The molecule has 0 heterocycles. The van der Waals surface area contributed by atoms with Crippen LogP contribution in [0.4, 0.5) is 11.4 Å². The molecule has 0 aliphatic carbocycles. The lowest BCUT2D eigenvalue weighted by Gasteiger charge is -2.10. The first-order chi connectivity index (χ1) is 10.1. The molecule has 0 unspecified atom stereocenters. The van der Waals surface area contributed by atoms with Gasteiger partial charge in [0.1, 0.15) is 5.75 Å². The summed E-state index contributed by atoms with van der Waals surface area (Å²) in [5.41, 5.74) is 6.80. The van der Waals surface area contributed by atoms with Crippen LogP contribution in [0.3, 0.4) is 0 Å². The molecular weight excluding hydrogens is 292 g/mol. The lowest BCUT2D eigenvalue weighted by atomic mass is 10.2. The van der Waals surface area contributed by atoms with Gasteiger partial charge in [-0.15, -0.1) is 0 Å². The van der Waals surface area contributed by atoms with Gasteiger partial charge in [0.2, 0.25) is 5.91 Å². The van der Waals surface area contributed by atoms with Gasteiger partial charge in [0.05, 0.1) is 26.3 Å². The van der Waals surface area contributed by atoms with Crippen molar-refractivity contribution < 1.29 is 19.1 Å². The second-order valence-electron chi connectivity index (χ2n) is 4.20. The number of nitrogens with two attached hydrogens (primary N) is 1. The highest BCUT2D eigenvalue weighted by molar-refractivity contribution is 7.99.